The summed E-state index contributed by atoms with van der Waals surface area (Å²) in [5.41, 5.74) is -0.0111. The quantitative estimate of drug-likeness (QED) is 0.738. The van der Waals surface area contributed by atoms with E-state index < -0.39 is 11.4 Å². The molecule has 1 aromatic heterocycles. The number of imide groups is 1. The van der Waals surface area contributed by atoms with Crippen molar-refractivity contribution in [3.05, 3.63) is 16.5 Å². The number of carbonyl (C=O) groups excluding carboxylic acids is 3. The number of hydrogen-bond acceptors (Lipinski definition) is 5. The molecule has 100 valence electrons. The zero-order valence-corrected chi connectivity index (χ0v) is 11.0. The van der Waals surface area contributed by atoms with E-state index in [9.17, 15) is 19.5 Å². The molecule has 0 aromatic carbocycles. The average molecular weight is 280 g/mol. The fraction of sp³-hybridized carbons (Fsp3) is 0.417. The highest BCUT2D eigenvalue weighted by Gasteiger charge is 2.49. The molecule has 1 aromatic rings. The molecule has 3 amide bonds. The summed E-state index contributed by atoms with van der Waals surface area (Å²) in [7, 11) is 0. The zero-order valence-electron chi connectivity index (χ0n) is 10.2. The van der Waals surface area contributed by atoms with Gasteiger partial charge in [-0.15, -0.1) is 11.3 Å². The predicted molar refractivity (Wildman–Crippen MR) is 66.6 cm³/mol. The molecule has 0 aliphatic carbocycles. The lowest BCUT2D eigenvalue weighted by atomic mass is 9.89. The number of carbonyl (C=O) groups is 3. The average Bonchev–Trinajstić information content (AvgIpc) is 2.87. The lowest BCUT2D eigenvalue weighted by Gasteiger charge is -2.39. The van der Waals surface area contributed by atoms with Crippen LogP contribution >= 0.6 is 11.3 Å². The second kappa shape index (κ2) is 3.80. The fourth-order valence-corrected chi connectivity index (χ4v) is 3.32. The molecule has 1 atom stereocenters. The van der Waals surface area contributed by atoms with Crippen molar-refractivity contribution >= 4 is 29.1 Å². The van der Waals surface area contributed by atoms with Crippen molar-refractivity contribution in [3.63, 3.8) is 0 Å². The second-order valence-corrected chi connectivity index (χ2v) is 5.83. The summed E-state index contributed by atoms with van der Waals surface area (Å²) in [6.45, 7) is 1.86. The highest BCUT2D eigenvalue weighted by Crippen LogP contribution is 2.40. The van der Waals surface area contributed by atoms with E-state index in [0.717, 1.165) is 11.3 Å². The Labute approximate surface area is 113 Å². The molecule has 19 heavy (non-hydrogen) atoms. The van der Waals surface area contributed by atoms with E-state index in [0.29, 0.717) is 17.5 Å². The van der Waals surface area contributed by atoms with Gasteiger partial charge in [-0.3, -0.25) is 19.7 Å². The number of nitrogens with zero attached hydrogens (tertiary/aromatic N) is 1. The molecule has 2 aliphatic heterocycles. The highest BCUT2D eigenvalue weighted by molar-refractivity contribution is 7.12. The molecule has 3 heterocycles. The molecule has 0 unspecified atom stereocenters. The van der Waals surface area contributed by atoms with Crippen LogP contribution in [0.4, 0.5) is 0 Å². The van der Waals surface area contributed by atoms with Crippen LogP contribution < -0.4 is 5.32 Å². The first-order chi connectivity index (χ1) is 8.93. The minimum Gasteiger partial charge on any atom is -0.499 e. The maximum Gasteiger partial charge on any atom is 0.256 e. The molecule has 7 heteroatoms. The molecule has 1 fully saturated rings. The summed E-state index contributed by atoms with van der Waals surface area (Å²) >= 11 is 1.11. The van der Waals surface area contributed by atoms with Crippen molar-refractivity contribution in [2.24, 2.45) is 0 Å². The lowest BCUT2D eigenvalue weighted by Crippen LogP contribution is -2.61. The normalized spacial score (nSPS) is 26.6. The summed E-state index contributed by atoms with van der Waals surface area (Å²) in [6, 6.07) is 0. The topological polar surface area (TPSA) is 86.7 Å². The SMILES string of the molecule is C[C@@]1(N2Cc3c(csc3O)C2=O)CCC(=O)NC1=O. The van der Waals surface area contributed by atoms with Gasteiger partial charge in [0.2, 0.25) is 5.91 Å². The third-order valence-electron chi connectivity index (χ3n) is 3.84. The van der Waals surface area contributed by atoms with Crippen LogP contribution in [-0.4, -0.2) is 33.3 Å². The summed E-state index contributed by atoms with van der Waals surface area (Å²) < 4.78 is 0. The molecule has 1 saturated heterocycles. The van der Waals surface area contributed by atoms with Gasteiger partial charge in [-0.1, -0.05) is 0 Å². The van der Waals surface area contributed by atoms with Gasteiger partial charge in [0.15, 0.2) is 5.06 Å². The number of fused-ring (bicyclic) bond motifs is 1. The van der Waals surface area contributed by atoms with Crippen LogP contribution in [0.5, 0.6) is 5.06 Å². The van der Waals surface area contributed by atoms with E-state index in [1.165, 1.54) is 4.90 Å². The van der Waals surface area contributed by atoms with Gasteiger partial charge >= 0.3 is 0 Å². The molecule has 2 N–H and O–H groups in total. The fourth-order valence-electron chi connectivity index (χ4n) is 2.53. The van der Waals surface area contributed by atoms with E-state index in [-0.39, 0.29) is 29.8 Å². The maximum atomic E-state index is 12.3. The van der Waals surface area contributed by atoms with Crippen LogP contribution in [-0.2, 0) is 16.1 Å². The minimum absolute atomic E-state index is 0.113. The van der Waals surface area contributed by atoms with Crippen LogP contribution in [0.1, 0.15) is 35.7 Å². The maximum absolute atomic E-state index is 12.3. The summed E-state index contributed by atoms with van der Waals surface area (Å²) in [5.74, 6) is -1.03. The van der Waals surface area contributed by atoms with E-state index >= 15 is 0 Å². The van der Waals surface area contributed by atoms with Gasteiger partial charge in [0, 0.05) is 17.4 Å². The van der Waals surface area contributed by atoms with E-state index in [1.807, 2.05) is 0 Å². The van der Waals surface area contributed by atoms with E-state index in [1.54, 1.807) is 12.3 Å². The zero-order chi connectivity index (χ0) is 13.8. The van der Waals surface area contributed by atoms with Crippen LogP contribution in [0.25, 0.3) is 0 Å². The Hall–Kier alpha value is -1.89. The third-order valence-corrected chi connectivity index (χ3v) is 4.66. The largest absolute Gasteiger partial charge is 0.499 e. The Morgan fingerprint density at radius 3 is 2.79 bits per heavy atom. The third kappa shape index (κ3) is 1.58. The van der Waals surface area contributed by atoms with Crippen LogP contribution in [0.15, 0.2) is 5.38 Å². The van der Waals surface area contributed by atoms with E-state index in [4.69, 9.17) is 0 Å². The Balaban J connectivity index is 1.94. The van der Waals surface area contributed by atoms with Gasteiger partial charge < -0.3 is 10.0 Å². The number of amides is 3. The molecule has 6 nitrogen and oxygen atoms in total. The molecule has 0 saturated carbocycles. The Bertz CT molecular complexity index is 609. The standard InChI is InChI=1S/C12H12N2O4S/c1-12(3-2-8(15)13-11(12)18)14-4-6-7(9(14)16)5-19-10(6)17/h5,17H,2-4H2,1H3,(H,13,15,18)/t12-/m1/s1. The summed E-state index contributed by atoms with van der Waals surface area (Å²) in [4.78, 5) is 37.0. The molecule has 2 aliphatic rings. The molecule has 0 radical (unpaired) electrons. The number of piperidine rings is 1. The first kappa shape index (κ1) is 12.2. The first-order valence-corrected chi connectivity index (χ1v) is 6.77. The Kier molecular flexibility index (Phi) is 2.43. The predicted octanol–water partition coefficient (Wildman–Crippen LogP) is 0.605. The van der Waals surface area contributed by atoms with Crippen molar-refractivity contribution in [2.45, 2.75) is 31.8 Å². The summed E-state index contributed by atoms with van der Waals surface area (Å²) in [5, 5.41) is 13.7. The lowest BCUT2D eigenvalue weighted by molar-refractivity contribution is -0.142. The molecule has 0 spiro atoms. The van der Waals surface area contributed by atoms with Crippen molar-refractivity contribution in [1.82, 2.24) is 10.2 Å². The van der Waals surface area contributed by atoms with Crippen LogP contribution in [0.3, 0.4) is 0 Å². The van der Waals surface area contributed by atoms with Crippen molar-refractivity contribution in [1.29, 1.82) is 0 Å². The van der Waals surface area contributed by atoms with Crippen molar-refractivity contribution < 1.29 is 19.5 Å². The second-order valence-electron chi connectivity index (χ2n) is 4.98. The van der Waals surface area contributed by atoms with Gasteiger partial charge in [-0.05, 0) is 13.3 Å². The summed E-state index contributed by atoms with van der Waals surface area (Å²) in [6.07, 6.45) is 0.517. The van der Waals surface area contributed by atoms with Gasteiger partial charge in [0.25, 0.3) is 11.8 Å². The molecular formula is C12H12N2O4S. The number of nitrogens with one attached hydrogen (secondary N) is 1. The van der Waals surface area contributed by atoms with E-state index in [2.05, 4.69) is 5.32 Å². The number of hydrogen-bond donors (Lipinski definition) is 2. The van der Waals surface area contributed by atoms with Crippen LogP contribution in [0.2, 0.25) is 0 Å². The first-order valence-electron chi connectivity index (χ1n) is 5.89. The van der Waals surface area contributed by atoms with Crippen molar-refractivity contribution in [3.8, 4) is 5.06 Å². The smallest absolute Gasteiger partial charge is 0.256 e. The monoisotopic (exact) mass is 280 g/mol. The Morgan fingerprint density at radius 2 is 2.16 bits per heavy atom. The number of rotatable bonds is 1. The number of thiophene rings is 1. The minimum atomic E-state index is -1.03. The van der Waals surface area contributed by atoms with Crippen LogP contribution in [0, 0.1) is 0 Å². The van der Waals surface area contributed by atoms with Gasteiger partial charge in [-0.25, -0.2) is 0 Å². The molecule has 0 bridgehead atoms. The highest BCUT2D eigenvalue weighted by atomic mass is 32.1. The molecular weight excluding hydrogens is 268 g/mol. The molecule has 3 rings (SSSR count). The van der Waals surface area contributed by atoms with Gasteiger partial charge in [0.1, 0.15) is 5.54 Å². The Morgan fingerprint density at radius 1 is 1.42 bits per heavy atom. The number of aromatic hydroxyl groups is 1. The van der Waals surface area contributed by atoms with Crippen molar-refractivity contribution in [2.75, 3.05) is 0 Å². The van der Waals surface area contributed by atoms with Gasteiger partial charge in [-0.2, -0.15) is 0 Å². The van der Waals surface area contributed by atoms with Gasteiger partial charge in [0.05, 0.1) is 12.1 Å².